The molecule has 0 aromatic rings. The van der Waals surface area contributed by atoms with Gasteiger partial charge in [-0.25, -0.2) is 0 Å². The minimum Gasteiger partial charge on any atom is -0.330 e. The molecule has 0 aromatic carbocycles. The highest BCUT2D eigenvalue weighted by molar-refractivity contribution is 4.95. The summed E-state index contributed by atoms with van der Waals surface area (Å²) in [6, 6.07) is 0. The molecular formula is C12H25N3. The van der Waals surface area contributed by atoms with Gasteiger partial charge >= 0.3 is 0 Å². The van der Waals surface area contributed by atoms with Crippen LogP contribution in [0.2, 0.25) is 0 Å². The van der Waals surface area contributed by atoms with E-state index in [9.17, 15) is 0 Å². The molecule has 1 saturated heterocycles. The molecule has 88 valence electrons. The van der Waals surface area contributed by atoms with Gasteiger partial charge in [0.05, 0.1) is 0 Å². The molecule has 1 atom stereocenters. The molecule has 3 N–H and O–H groups in total. The predicted octanol–water partition coefficient (Wildman–Crippen LogP) is 0.657. The zero-order valence-corrected chi connectivity index (χ0v) is 9.97. The zero-order valence-electron chi connectivity index (χ0n) is 9.97. The minimum atomic E-state index is 0.493. The van der Waals surface area contributed by atoms with Crippen LogP contribution in [0.1, 0.15) is 25.7 Å². The van der Waals surface area contributed by atoms with Gasteiger partial charge in [-0.1, -0.05) is 0 Å². The fourth-order valence-corrected chi connectivity index (χ4v) is 2.55. The van der Waals surface area contributed by atoms with Gasteiger partial charge in [0.2, 0.25) is 0 Å². The molecular weight excluding hydrogens is 186 g/mol. The SMILES string of the molecule is CN1CCC(CCNCC2(CN)CC2)C1. The summed E-state index contributed by atoms with van der Waals surface area (Å²) in [5, 5.41) is 3.58. The molecule has 0 aromatic heterocycles. The van der Waals surface area contributed by atoms with Gasteiger partial charge in [-0.15, -0.1) is 0 Å². The molecule has 15 heavy (non-hydrogen) atoms. The fourth-order valence-electron chi connectivity index (χ4n) is 2.55. The third-order valence-electron chi connectivity index (χ3n) is 4.11. The lowest BCUT2D eigenvalue weighted by Crippen LogP contribution is -2.31. The summed E-state index contributed by atoms with van der Waals surface area (Å²) in [6.07, 6.45) is 5.40. The molecule has 0 radical (unpaired) electrons. The van der Waals surface area contributed by atoms with Gasteiger partial charge in [-0.2, -0.15) is 0 Å². The van der Waals surface area contributed by atoms with Crippen LogP contribution in [-0.2, 0) is 0 Å². The number of hydrogen-bond acceptors (Lipinski definition) is 3. The summed E-state index contributed by atoms with van der Waals surface area (Å²) in [6.45, 7) is 5.78. The average molecular weight is 211 g/mol. The van der Waals surface area contributed by atoms with E-state index in [1.165, 1.54) is 45.3 Å². The lowest BCUT2D eigenvalue weighted by atomic mass is 10.0. The number of hydrogen-bond donors (Lipinski definition) is 2. The molecule has 2 aliphatic rings. The Bertz CT molecular complexity index is 201. The van der Waals surface area contributed by atoms with Crippen LogP contribution in [0.5, 0.6) is 0 Å². The first kappa shape index (κ1) is 11.4. The van der Waals surface area contributed by atoms with E-state index in [2.05, 4.69) is 17.3 Å². The van der Waals surface area contributed by atoms with Gasteiger partial charge in [0, 0.05) is 13.1 Å². The van der Waals surface area contributed by atoms with Crippen molar-refractivity contribution < 1.29 is 0 Å². The molecule has 1 aliphatic carbocycles. The van der Waals surface area contributed by atoms with E-state index in [1.807, 2.05) is 0 Å². The van der Waals surface area contributed by atoms with Crippen molar-refractivity contribution in [2.45, 2.75) is 25.7 Å². The third kappa shape index (κ3) is 3.16. The Morgan fingerprint density at radius 2 is 2.27 bits per heavy atom. The van der Waals surface area contributed by atoms with Crippen molar-refractivity contribution in [1.29, 1.82) is 0 Å². The van der Waals surface area contributed by atoms with Crippen LogP contribution >= 0.6 is 0 Å². The first-order valence-electron chi connectivity index (χ1n) is 6.33. The summed E-state index contributed by atoms with van der Waals surface area (Å²) in [5.74, 6) is 0.926. The van der Waals surface area contributed by atoms with E-state index in [0.29, 0.717) is 5.41 Å². The van der Waals surface area contributed by atoms with E-state index in [0.717, 1.165) is 19.0 Å². The second-order valence-electron chi connectivity index (χ2n) is 5.59. The lowest BCUT2D eigenvalue weighted by molar-refractivity contribution is 0.379. The van der Waals surface area contributed by atoms with E-state index in [1.54, 1.807) is 0 Å². The van der Waals surface area contributed by atoms with Crippen molar-refractivity contribution in [3.63, 3.8) is 0 Å². The van der Waals surface area contributed by atoms with Crippen LogP contribution in [0, 0.1) is 11.3 Å². The van der Waals surface area contributed by atoms with Crippen LogP contribution in [0.4, 0.5) is 0 Å². The quantitative estimate of drug-likeness (QED) is 0.634. The highest BCUT2D eigenvalue weighted by atomic mass is 15.1. The van der Waals surface area contributed by atoms with Crippen LogP contribution in [0.3, 0.4) is 0 Å². The third-order valence-corrected chi connectivity index (χ3v) is 4.11. The lowest BCUT2D eigenvalue weighted by Gasteiger charge is -2.15. The van der Waals surface area contributed by atoms with Crippen molar-refractivity contribution >= 4 is 0 Å². The molecule has 0 bridgehead atoms. The van der Waals surface area contributed by atoms with Crippen molar-refractivity contribution in [2.24, 2.45) is 17.1 Å². The summed E-state index contributed by atoms with van der Waals surface area (Å²) < 4.78 is 0. The summed E-state index contributed by atoms with van der Waals surface area (Å²) >= 11 is 0. The first-order valence-corrected chi connectivity index (χ1v) is 6.33. The monoisotopic (exact) mass is 211 g/mol. The smallest absolute Gasteiger partial charge is 0.00199 e. The van der Waals surface area contributed by atoms with E-state index >= 15 is 0 Å². The molecule has 0 amide bonds. The molecule has 2 fully saturated rings. The van der Waals surface area contributed by atoms with Crippen LogP contribution in [0.25, 0.3) is 0 Å². The second kappa shape index (κ2) is 4.81. The summed E-state index contributed by atoms with van der Waals surface area (Å²) in [7, 11) is 2.22. The van der Waals surface area contributed by atoms with Crippen molar-refractivity contribution in [2.75, 3.05) is 39.8 Å². The zero-order chi connectivity index (χ0) is 10.7. The Hall–Kier alpha value is -0.120. The van der Waals surface area contributed by atoms with Gasteiger partial charge in [0.25, 0.3) is 0 Å². The van der Waals surface area contributed by atoms with Crippen LogP contribution in [-0.4, -0.2) is 44.7 Å². The molecule has 1 aliphatic heterocycles. The van der Waals surface area contributed by atoms with Crippen LogP contribution in [0.15, 0.2) is 0 Å². The van der Waals surface area contributed by atoms with Crippen LogP contribution < -0.4 is 11.1 Å². The second-order valence-corrected chi connectivity index (χ2v) is 5.59. The Labute approximate surface area is 93.4 Å². The maximum Gasteiger partial charge on any atom is 0.00199 e. The first-order chi connectivity index (χ1) is 7.24. The Kier molecular flexibility index (Phi) is 3.65. The highest BCUT2D eigenvalue weighted by Crippen LogP contribution is 2.43. The van der Waals surface area contributed by atoms with Gasteiger partial charge in [-0.05, 0) is 63.7 Å². The summed E-state index contributed by atoms with van der Waals surface area (Å²) in [5.41, 5.74) is 6.24. The summed E-state index contributed by atoms with van der Waals surface area (Å²) in [4.78, 5) is 2.44. The highest BCUT2D eigenvalue weighted by Gasteiger charge is 2.40. The van der Waals surface area contributed by atoms with Crippen molar-refractivity contribution in [3.05, 3.63) is 0 Å². The van der Waals surface area contributed by atoms with Crippen molar-refractivity contribution in [1.82, 2.24) is 10.2 Å². The number of rotatable bonds is 6. The number of nitrogens with two attached hydrogens (primary N) is 1. The van der Waals surface area contributed by atoms with E-state index < -0.39 is 0 Å². The Morgan fingerprint density at radius 3 is 2.80 bits per heavy atom. The maximum absolute atomic E-state index is 5.74. The largest absolute Gasteiger partial charge is 0.330 e. The molecule has 3 heteroatoms. The van der Waals surface area contributed by atoms with E-state index in [4.69, 9.17) is 5.73 Å². The molecule has 1 heterocycles. The number of likely N-dealkylation sites (tertiary alicyclic amines) is 1. The molecule has 0 spiro atoms. The molecule has 1 unspecified atom stereocenters. The standard InChI is InChI=1S/C12H25N3/c1-15-7-3-11(8-15)2-6-14-10-12(9-13)4-5-12/h11,14H,2-10,13H2,1H3. The van der Waals surface area contributed by atoms with Crippen molar-refractivity contribution in [3.8, 4) is 0 Å². The van der Waals surface area contributed by atoms with Gasteiger partial charge in [-0.3, -0.25) is 0 Å². The number of nitrogens with one attached hydrogen (secondary N) is 1. The minimum absolute atomic E-state index is 0.493. The number of nitrogens with zero attached hydrogens (tertiary/aromatic N) is 1. The Morgan fingerprint density at radius 1 is 1.47 bits per heavy atom. The van der Waals surface area contributed by atoms with Gasteiger partial charge in [0.15, 0.2) is 0 Å². The normalized spacial score (nSPS) is 29.6. The fraction of sp³-hybridized carbons (Fsp3) is 1.00. The molecule has 2 rings (SSSR count). The topological polar surface area (TPSA) is 41.3 Å². The van der Waals surface area contributed by atoms with Gasteiger partial charge in [0.1, 0.15) is 0 Å². The average Bonchev–Trinajstić information content (AvgIpc) is 2.91. The molecule has 3 nitrogen and oxygen atoms in total. The predicted molar refractivity (Wildman–Crippen MR) is 63.8 cm³/mol. The Balaban J connectivity index is 1.52. The maximum atomic E-state index is 5.74. The van der Waals surface area contributed by atoms with E-state index in [-0.39, 0.29) is 0 Å². The van der Waals surface area contributed by atoms with Gasteiger partial charge < -0.3 is 16.0 Å². The molecule has 1 saturated carbocycles.